The first-order valence-electron chi connectivity index (χ1n) is 7.18. The van der Waals surface area contributed by atoms with Crippen molar-refractivity contribution in [3.8, 4) is 6.01 Å². The summed E-state index contributed by atoms with van der Waals surface area (Å²) in [5, 5.41) is 0.528. The van der Waals surface area contributed by atoms with Crippen LogP contribution in [0.5, 0.6) is 6.01 Å². The van der Waals surface area contributed by atoms with E-state index in [1.165, 1.54) is 24.9 Å². The van der Waals surface area contributed by atoms with Crippen LogP contribution < -0.4 is 9.46 Å². The van der Waals surface area contributed by atoms with Crippen molar-refractivity contribution in [2.75, 3.05) is 0 Å². The summed E-state index contributed by atoms with van der Waals surface area (Å²) < 4.78 is 32.6. The summed E-state index contributed by atoms with van der Waals surface area (Å²) in [6.45, 7) is 0. The molecule has 0 radical (unpaired) electrons. The van der Waals surface area contributed by atoms with Gasteiger partial charge in [0.05, 0.1) is 29.9 Å². The fourth-order valence-corrected chi connectivity index (χ4v) is 3.79. The Labute approximate surface area is 138 Å². The SMILES string of the molecule is O=S(=O)(NC1CCC(Oc2ncc(Cl)cn2)CC1)c1cnc[nH]1. The van der Waals surface area contributed by atoms with E-state index in [-0.39, 0.29) is 23.2 Å². The summed E-state index contributed by atoms with van der Waals surface area (Å²) in [4.78, 5) is 14.3. The van der Waals surface area contributed by atoms with Gasteiger partial charge in [-0.25, -0.2) is 28.1 Å². The van der Waals surface area contributed by atoms with E-state index in [9.17, 15) is 8.42 Å². The van der Waals surface area contributed by atoms with Crippen LogP contribution in [0.2, 0.25) is 5.02 Å². The Morgan fingerprint density at radius 1 is 1.17 bits per heavy atom. The van der Waals surface area contributed by atoms with Crippen LogP contribution in [0.1, 0.15) is 25.7 Å². The van der Waals surface area contributed by atoms with E-state index < -0.39 is 10.0 Å². The van der Waals surface area contributed by atoms with Gasteiger partial charge in [0.25, 0.3) is 10.0 Å². The molecular formula is C13H16ClN5O3S. The average molecular weight is 358 g/mol. The van der Waals surface area contributed by atoms with Crippen LogP contribution in [-0.2, 0) is 10.0 Å². The van der Waals surface area contributed by atoms with Crippen LogP contribution in [0.4, 0.5) is 0 Å². The minimum Gasteiger partial charge on any atom is -0.460 e. The molecule has 0 aromatic carbocycles. The van der Waals surface area contributed by atoms with Crippen LogP contribution >= 0.6 is 11.6 Å². The third-order valence-corrected chi connectivity index (χ3v) is 5.27. The van der Waals surface area contributed by atoms with E-state index in [1.807, 2.05) is 0 Å². The fourth-order valence-electron chi connectivity index (χ4n) is 2.48. The van der Waals surface area contributed by atoms with Crippen molar-refractivity contribution in [2.45, 2.75) is 42.9 Å². The maximum Gasteiger partial charge on any atom is 0.316 e. The third-order valence-electron chi connectivity index (χ3n) is 3.63. The zero-order valence-corrected chi connectivity index (χ0v) is 13.7. The molecule has 0 amide bonds. The lowest BCUT2D eigenvalue weighted by molar-refractivity contribution is 0.132. The van der Waals surface area contributed by atoms with Crippen molar-refractivity contribution in [1.82, 2.24) is 24.7 Å². The molecule has 23 heavy (non-hydrogen) atoms. The first kappa shape index (κ1) is 16.2. The lowest BCUT2D eigenvalue weighted by atomic mass is 9.94. The molecule has 8 nitrogen and oxygen atoms in total. The van der Waals surface area contributed by atoms with Crippen molar-refractivity contribution < 1.29 is 13.2 Å². The molecular weight excluding hydrogens is 342 g/mol. The Hall–Kier alpha value is -1.71. The number of hydrogen-bond donors (Lipinski definition) is 2. The lowest BCUT2D eigenvalue weighted by Gasteiger charge is -2.28. The molecule has 2 N–H and O–H groups in total. The molecule has 0 bridgehead atoms. The Kier molecular flexibility index (Phi) is 4.79. The normalized spacial score (nSPS) is 22.0. The minimum absolute atomic E-state index is 0.0240. The maximum absolute atomic E-state index is 12.1. The van der Waals surface area contributed by atoms with Gasteiger partial charge in [0.15, 0.2) is 5.03 Å². The number of aromatic amines is 1. The van der Waals surface area contributed by atoms with E-state index in [0.29, 0.717) is 17.9 Å². The highest BCUT2D eigenvalue weighted by Gasteiger charge is 2.27. The van der Waals surface area contributed by atoms with Gasteiger partial charge in [0, 0.05) is 6.04 Å². The van der Waals surface area contributed by atoms with Gasteiger partial charge in [-0.1, -0.05) is 11.6 Å². The molecule has 124 valence electrons. The molecule has 1 aliphatic carbocycles. The molecule has 3 rings (SSSR count). The quantitative estimate of drug-likeness (QED) is 0.839. The number of ether oxygens (including phenoxy) is 1. The monoisotopic (exact) mass is 357 g/mol. The number of rotatable bonds is 5. The van der Waals surface area contributed by atoms with Gasteiger partial charge < -0.3 is 9.72 Å². The van der Waals surface area contributed by atoms with Crippen LogP contribution in [0, 0.1) is 0 Å². The largest absolute Gasteiger partial charge is 0.460 e. The molecule has 1 fully saturated rings. The van der Waals surface area contributed by atoms with E-state index >= 15 is 0 Å². The van der Waals surface area contributed by atoms with E-state index in [0.717, 1.165) is 12.8 Å². The summed E-state index contributed by atoms with van der Waals surface area (Å²) in [5.74, 6) is 0. The number of halogens is 1. The third kappa shape index (κ3) is 4.18. The molecule has 1 aliphatic rings. The zero-order chi connectivity index (χ0) is 16.3. The summed E-state index contributed by atoms with van der Waals surface area (Å²) in [6, 6.07) is 0.171. The minimum atomic E-state index is -3.55. The predicted octanol–water partition coefficient (Wildman–Crippen LogP) is 1.52. The second-order valence-corrected chi connectivity index (χ2v) is 7.43. The van der Waals surface area contributed by atoms with Gasteiger partial charge in [-0.3, -0.25) is 0 Å². The first-order valence-corrected chi connectivity index (χ1v) is 9.04. The molecule has 0 saturated heterocycles. The van der Waals surface area contributed by atoms with Crippen molar-refractivity contribution in [2.24, 2.45) is 0 Å². The van der Waals surface area contributed by atoms with Crippen LogP contribution in [0.3, 0.4) is 0 Å². The standard InChI is InChI=1S/C13H16ClN5O3S/c14-9-5-16-13(17-6-9)22-11-3-1-10(2-4-11)19-23(20,21)12-7-15-8-18-12/h5-8,10-11,19H,1-4H2,(H,15,18). The van der Waals surface area contributed by atoms with E-state index in [4.69, 9.17) is 16.3 Å². The number of sulfonamides is 1. The molecule has 2 aromatic rings. The summed E-state index contributed by atoms with van der Waals surface area (Å²) in [6.07, 6.45) is 8.38. The molecule has 1 saturated carbocycles. The van der Waals surface area contributed by atoms with Crippen LogP contribution in [0.15, 0.2) is 29.9 Å². The highest BCUT2D eigenvalue weighted by Crippen LogP contribution is 2.23. The van der Waals surface area contributed by atoms with Gasteiger partial charge in [0.2, 0.25) is 0 Å². The summed E-state index contributed by atoms with van der Waals surface area (Å²) >= 11 is 5.72. The molecule has 10 heteroatoms. The second kappa shape index (κ2) is 6.81. The average Bonchev–Trinajstić information content (AvgIpc) is 3.07. The van der Waals surface area contributed by atoms with Gasteiger partial charge in [0.1, 0.15) is 6.10 Å². The smallest absolute Gasteiger partial charge is 0.316 e. The number of hydrogen-bond acceptors (Lipinski definition) is 6. The van der Waals surface area contributed by atoms with Gasteiger partial charge >= 0.3 is 6.01 Å². The number of H-pyrrole nitrogens is 1. The van der Waals surface area contributed by atoms with Crippen molar-refractivity contribution in [3.63, 3.8) is 0 Å². The van der Waals surface area contributed by atoms with Crippen LogP contribution in [0.25, 0.3) is 0 Å². The van der Waals surface area contributed by atoms with Crippen molar-refractivity contribution in [1.29, 1.82) is 0 Å². The predicted molar refractivity (Wildman–Crippen MR) is 82.6 cm³/mol. The second-order valence-electron chi connectivity index (χ2n) is 5.31. The number of imidazole rings is 1. The molecule has 0 aliphatic heterocycles. The molecule has 0 atom stereocenters. The highest BCUT2D eigenvalue weighted by atomic mass is 35.5. The zero-order valence-electron chi connectivity index (χ0n) is 12.1. The van der Waals surface area contributed by atoms with Gasteiger partial charge in [-0.15, -0.1) is 0 Å². The van der Waals surface area contributed by atoms with E-state index in [1.54, 1.807) is 0 Å². The number of nitrogens with zero attached hydrogens (tertiary/aromatic N) is 3. The van der Waals surface area contributed by atoms with Gasteiger partial charge in [-0.05, 0) is 25.7 Å². The molecule has 2 heterocycles. The van der Waals surface area contributed by atoms with Crippen LogP contribution in [-0.4, -0.2) is 40.5 Å². The topological polar surface area (TPSA) is 110 Å². The molecule has 0 spiro atoms. The molecule has 2 aromatic heterocycles. The Morgan fingerprint density at radius 2 is 1.87 bits per heavy atom. The van der Waals surface area contributed by atoms with Crippen molar-refractivity contribution in [3.05, 3.63) is 29.9 Å². The Bertz CT molecular complexity index is 727. The highest BCUT2D eigenvalue weighted by molar-refractivity contribution is 7.89. The molecule has 0 unspecified atom stereocenters. The van der Waals surface area contributed by atoms with Gasteiger partial charge in [-0.2, -0.15) is 0 Å². The lowest BCUT2D eigenvalue weighted by Crippen LogP contribution is -2.39. The fraction of sp³-hybridized carbons (Fsp3) is 0.462. The Balaban J connectivity index is 1.51. The summed E-state index contributed by atoms with van der Waals surface area (Å²) in [7, 11) is -3.55. The Morgan fingerprint density at radius 3 is 2.48 bits per heavy atom. The summed E-state index contributed by atoms with van der Waals surface area (Å²) in [5.41, 5.74) is 0. The first-order chi connectivity index (χ1) is 11.0. The maximum atomic E-state index is 12.1. The van der Waals surface area contributed by atoms with E-state index in [2.05, 4.69) is 24.7 Å². The van der Waals surface area contributed by atoms with Crippen molar-refractivity contribution >= 4 is 21.6 Å². The number of aromatic nitrogens is 4. The number of nitrogens with one attached hydrogen (secondary N) is 2.